The summed E-state index contributed by atoms with van der Waals surface area (Å²) in [6.07, 6.45) is 0. The van der Waals surface area contributed by atoms with Crippen LogP contribution in [0.25, 0.3) is 110 Å². The van der Waals surface area contributed by atoms with Crippen LogP contribution in [0.4, 0.5) is 0 Å². The molecule has 0 radical (unpaired) electrons. The summed E-state index contributed by atoms with van der Waals surface area (Å²) in [5.41, 5.74) is 17.9. The van der Waals surface area contributed by atoms with E-state index in [-0.39, 0.29) is 5.41 Å². The van der Waals surface area contributed by atoms with Gasteiger partial charge in [0.15, 0.2) is 0 Å². The zero-order chi connectivity index (χ0) is 38.2. The van der Waals surface area contributed by atoms with E-state index in [2.05, 4.69) is 207 Å². The fourth-order valence-electron chi connectivity index (χ4n) is 10.6. The van der Waals surface area contributed by atoms with E-state index in [1.165, 1.54) is 121 Å². The monoisotopic (exact) mass is 728 g/mol. The average molecular weight is 729 g/mol. The number of hydrogen-bond donors (Lipinski definition) is 0. The molecule has 0 fully saturated rings. The zero-order valence-electron chi connectivity index (χ0n) is 32.6. The first-order chi connectivity index (χ1) is 27.9. The Labute approximate surface area is 331 Å². The number of fused-ring (bicyclic) bond motifs is 11. The molecule has 57 heavy (non-hydrogen) atoms. The number of para-hydroxylation sites is 2. The molecule has 2 heteroatoms. The second-order valence-corrected chi connectivity index (χ2v) is 16.6. The molecular formula is C55H40N2. The van der Waals surface area contributed by atoms with Crippen LogP contribution < -0.4 is 0 Å². The van der Waals surface area contributed by atoms with Crippen molar-refractivity contribution in [3.63, 3.8) is 0 Å². The molecule has 2 nitrogen and oxygen atoms in total. The summed E-state index contributed by atoms with van der Waals surface area (Å²) in [4.78, 5) is 0. The molecule has 12 rings (SSSR count). The van der Waals surface area contributed by atoms with Crippen LogP contribution in [0.2, 0.25) is 0 Å². The van der Waals surface area contributed by atoms with Gasteiger partial charge in [-0.05, 0) is 108 Å². The summed E-state index contributed by atoms with van der Waals surface area (Å²) in [6, 6.07) is 63.9. The van der Waals surface area contributed by atoms with Crippen LogP contribution in [0, 0.1) is 0 Å². The number of aryl methyl sites for hydroxylation is 2. The van der Waals surface area contributed by atoms with E-state index in [0.29, 0.717) is 0 Å². The van der Waals surface area contributed by atoms with Gasteiger partial charge in [-0.25, -0.2) is 0 Å². The molecule has 11 aromatic rings. The minimum Gasteiger partial charge on any atom is -0.344 e. The Hall–Kier alpha value is -6.90. The fourth-order valence-corrected chi connectivity index (χ4v) is 10.6. The minimum atomic E-state index is -0.0965. The third kappa shape index (κ3) is 4.36. The van der Waals surface area contributed by atoms with Crippen molar-refractivity contribution in [1.82, 2.24) is 9.13 Å². The van der Waals surface area contributed by atoms with E-state index in [4.69, 9.17) is 0 Å². The van der Waals surface area contributed by atoms with E-state index in [9.17, 15) is 0 Å². The summed E-state index contributed by atoms with van der Waals surface area (Å²) < 4.78 is 4.68. The van der Waals surface area contributed by atoms with Gasteiger partial charge in [0.1, 0.15) is 0 Å². The predicted molar refractivity (Wildman–Crippen MR) is 243 cm³/mol. The molecule has 270 valence electrons. The zero-order valence-corrected chi connectivity index (χ0v) is 32.6. The maximum Gasteiger partial charge on any atom is 0.0494 e. The van der Waals surface area contributed by atoms with Crippen LogP contribution in [0.15, 0.2) is 170 Å². The molecule has 0 unspecified atom stereocenters. The number of rotatable bonds is 3. The van der Waals surface area contributed by atoms with Gasteiger partial charge in [0, 0.05) is 63.1 Å². The Morgan fingerprint density at radius 3 is 1.35 bits per heavy atom. The van der Waals surface area contributed by atoms with Crippen LogP contribution >= 0.6 is 0 Å². The van der Waals surface area contributed by atoms with Crippen LogP contribution in [0.3, 0.4) is 0 Å². The number of nitrogens with zero attached hydrogens (tertiary/aromatic N) is 2. The SMILES string of the molecule is Cn1c2ccccc2c2ccc(-c3cccc4c(-c5cccc6c5-c5ccccc5C6(C)C)c5cccc(-c6ccc7c8ccccc8n(C)c7c6)c5cc34)cc21. The Kier molecular flexibility index (Phi) is 6.57. The summed E-state index contributed by atoms with van der Waals surface area (Å²) in [5, 5.41) is 10.2. The summed E-state index contributed by atoms with van der Waals surface area (Å²) >= 11 is 0. The van der Waals surface area contributed by atoms with E-state index >= 15 is 0 Å². The van der Waals surface area contributed by atoms with Gasteiger partial charge >= 0.3 is 0 Å². The lowest BCUT2D eigenvalue weighted by Crippen LogP contribution is -2.14. The summed E-state index contributed by atoms with van der Waals surface area (Å²) in [5.74, 6) is 0. The van der Waals surface area contributed by atoms with Gasteiger partial charge in [-0.3, -0.25) is 0 Å². The molecule has 0 atom stereocenters. The fraction of sp³-hybridized carbons (Fsp3) is 0.0909. The first-order valence-corrected chi connectivity index (χ1v) is 20.1. The highest BCUT2D eigenvalue weighted by atomic mass is 14.9. The second-order valence-electron chi connectivity index (χ2n) is 16.6. The minimum absolute atomic E-state index is 0.0965. The number of aromatic nitrogens is 2. The standard InChI is InChI=1S/C55H40N2/c1-55(2)47-22-8-5-16-43(47)54-44(21-13-23-48(54)55)53-41-19-11-17-35(33-26-28-39-37-14-6-9-24-49(37)56(3)51(39)30-33)45(41)32-46-36(18-12-20-42(46)53)34-27-29-40-38-15-7-10-25-50(38)57(4)52(40)31-34/h5-32H,1-4H3. The largest absolute Gasteiger partial charge is 0.344 e. The van der Waals surface area contributed by atoms with Crippen molar-refractivity contribution >= 4 is 65.2 Å². The normalized spacial score (nSPS) is 13.4. The van der Waals surface area contributed by atoms with Gasteiger partial charge in [0.25, 0.3) is 0 Å². The van der Waals surface area contributed by atoms with Gasteiger partial charge in [0.2, 0.25) is 0 Å². The van der Waals surface area contributed by atoms with Gasteiger partial charge in [-0.15, -0.1) is 0 Å². The average Bonchev–Trinajstić information content (AvgIpc) is 3.80. The summed E-state index contributed by atoms with van der Waals surface area (Å²) in [7, 11) is 4.38. The Balaban J connectivity index is 1.19. The van der Waals surface area contributed by atoms with E-state index in [1.807, 2.05) is 0 Å². The third-order valence-electron chi connectivity index (χ3n) is 13.4. The third-order valence-corrected chi connectivity index (χ3v) is 13.4. The molecule has 9 aromatic carbocycles. The Bertz CT molecular complexity index is 3340. The first kappa shape index (κ1) is 32.4. The maximum atomic E-state index is 2.48. The van der Waals surface area contributed by atoms with Crippen LogP contribution in [0.5, 0.6) is 0 Å². The van der Waals surface area contributed by atoms with Crippen molar-refractivity contribution < 1.29 is 0 Å². The van der Waals surface area contributed by atoms with Crippen molar-refractivity contribution in [3.8, 4) is 44.5 Å². The molecule has 0 bridgehead atoms. The van der Waals surface area contributed by atoms with Gasteiger partial charge in [-0.1, -0.05) is 153 Å². The molecule has 1 aliphatic rings. The van der Waals surface area contributed by atoms with Crippen molar-refractivity contribution in [1.29, 1.82) is 0 Å². The highest BCUT2D eigenvalue weighted by Gasteiger charge is 2.37. The lowest BCUT2D eigenvalue weighted by atomic mass is 9.81. The molecule has 0 amide bonds. The van der Waals surface area contributed by atoms with E-state index in [0.717, 1.165) is 0 Å². The lowest BCUT2D eigenvalue weighted by molar-refractivity contribution is 0.660. The topological polar surface area (TPSA) is 9.86 Å². The molecule has 0 aliphatic heterocycles. The second kappa shape index (κ2) is 11.6. The molecule has 0 saturated heterocycles. The number of hydrogen-bond acceptors (Lipinski definition) is 0. The molecule has 1 aliphatic carbocycles. The molecule has 2 heterocycles. The van der Waals surface area contributed by atoms with Gasteiger partial charge in [0.05, 0.1) is 0 Å². The molecule has 0 spiro atoms. The first-order valence-electron chi connectivity index (χ1n) is 20.1. The van der Waals surface area contributed by atoms with Crippen LogP contribution in [-0.2, 0) is 19.5 Å². The maximum absolute atomic E-state index is 2.48. The highest BCUT2D eigenvalue weighted by Crippen LogP contribution is 2.54. The summed E-state index contributed by atoms with van der Waals surface area (Å²) in [6.45, 7) is 4.76. The van der Waals surface area contributed by atoms with Crippen molar-refractivity contribution in [3.05, 3.63) is 181 Å². The van der Waals surface area contributed by atoms with E-state index < -0.39 is 0 Å². The van der Waals surface area contributed by atoms with E-state index in [1.54, 1.807) is 0 Å². The Morgan fingerprint density at radius 1 is 0.316 bits per heavy atom. The van der Waals surface area contributed by atoms with Gasteiger partial charge < -0.3 is 9.13 Å². The molecule has 2 aromatic heterocycles. The smallest absolute Gasteiger partial charge is 0.0494 e. The molecule has 0 N–H and O–H groups in total. The van der Waals surface area contributed by atoms with Crippen LogP contribution in [-0.4, -0.2) is 9.13 Å². The predicted octanol–water partition coefficient (Wildman–Crippen LogP) is 14.6. The van der Waals surface area contributed by atoms with Gasteiger partial charge in [-0.2, -0.15) is 0 Å². The van der Waals surface area contributed by atoms with Crippen molar-refractivity contribution in [2.45, 2.75) is 19.3 Å². The molecular weight excluding hydrogens is 689 g/mol. The highest BCUT2D eigenvalue weighted by molar-refractivity contribution is 6.21. The molecule has 0 saturated carbocycles. The van der Waals surface area contributed by atoms with Crippen molar-refractivity contribution in [2.75, 3.05) is 0 Å². The lowest BCUT2D eigenvalue weighted by Gasteiger charge is -2.22. The quantitative estimate of drug-likeness (QED) is 0.160. The van der Waals surface area contributed by atoms with Crippen molar-refractivity contribution in [2.24, 2.45) is 14.1 Å². The van der Waals surface area contributed by atoms with Crippen LogP contribution in [0.1, 0.15) is 25.0 Å². The number of benzene rings is 9. The Morgan fingerprint density at radius 2 is 0.754 bits per heavy atom.